The van der Waals surface area contributed by atoms with Crippen molar-refractivity contribution in [1.29, 1.82) is 0 Å². The zero-order valence-corrected chi connectivity index (χ0v) is 15.2. The molecule has 0 bridgehead atoms. The van der Waals surface area contributed by atoms with Crippen LogP contribution in [0, 0.1) is 0 Å². The van der Waals surface area contributed by atoms with Crippen LogP contribution in [0.25, 0.3) is 0 Å². The zero-order chi connectivity index (χ0) is 19.2. The second-order valence-electron chi connectivity index (χ2n) is 5.50. The Kier molecular flexibility index (Phi) is 5.63. The minimum Gasteiger partial charge on any atom is -0.465 e. The van der Waals surface area contributed by atoms with Gasteiger partial charge in [-0.1, -0.05) is 18.2 Å². The number of para-hydroxylation sites is 1. The lowest BCUT2D eigenvalue weighted by molar-refractivity contribution is 0.0602. The molecular formula is C20H16N2O4S. The number of thiophene rings is 1. The molecule has 2 N–H and O–H groups in total. The van der Waals surface area contributed by atoms with Gasteiger partial charge < -0.3 is 15.4 Å². The number of amides is 2. The van der Waals surface area contributed by atoms with Gasteiger partial charge in [-0.3, -0.25) is 9.59 Å². The number of carbonyl (C=O) groups excluding carboxylic acids is 3. The largest absolute Gasteiger partial charge is 0.465 e. The summed E-state index contributed by atoms with van der Waals surface area (Å²) >= 11 is 1.35. The van der Waals surface area contributed by atoms with Gasteiger partial charge >= 0.3 is 5.97 Å². The summed E-state index contributed by atoms with van der Waals surface area (Å²) in [5, 5.41) is 7.30. The molecule has 3 rings (SSSR count). The summed E-state index contributed by atoms with van der Waals surface area (Å²) in [4.78, 5) is 36.9. The van der Waals surface area contributed by atoms with Gasteiger partial charge in [0.15, 0.2) is 0 Å². The molecule has 7 heteroatoms. The summed E-state index contributed by atoms with van der Waals surface area (Å²) in [7, 11) is 1.28. The quantitative estimate of drug-likeness (QED) is 0.654. The molecule has 0 atom stereocenters. The minimum absolute atomic E-state index is 0.200. The summed E-state index contributed by atoms with van der Waals surface area (Å²) in [6.07, 6.45) is 0. The molecule has 0 saturated carbocycles. The second-order valence-corrected chi connectivity index (χ2v) is 6.45. The number of anilines is 2. The highest BCUT2D eigenvalue weighted by Crippen LogP contribution is 2.18. The van der Waals surface area contributed by atoms with Crippen molar-refractivity contribution in [2.24, 2.45) is 0 Å². The number of hydrogen-bond donors (Lipinski definition) is 2. The second kappa shape index (κ2) is 8.29. The fourth-order valence-corrected chi connectivity index (χ4v) is 3.00. The van der Waals surface area contributed by atoms with E-state index in [2.05, 4.69) is 10.6 Å². The maximum atomic E-state index is 12.4. The van der Waals surface area contributed by atoms with Crippen molar-refractivity contribution in [2.45, 2.75) is 0 Å². The summed E-state index contributed by atoms with van der Waals surface area (Å²) in [5.74, 6) is -1.10. The summed E-state index contributed by atoms with van der Waals surface area (Å²) in [6.45, 7) is 0. The van der Waals surface area contributed by atoms with Gasteiger partial charge in [-0.25, -0.2) is 4.79 Å². The monoisotopic (exact) mass is 380 g/mol. The first-order chi connectivity index (χ1) is 13.1. The number of carbonyl (C=O) groups is 3. The molecule has 0 spiro atoms. The Balaban J connectivity index is 1.70. The number of esters is 1. The van der Waals surface area contributed by atoms with Gasteiger partial charge in [-0.05, 0) is 47.8 Å². The highest BCUT2D eigenvalue weighted by molar-refractivity contribution is 7.12. The first-order valence-electron chi connectivity index (χ1n) is 8.02. The molecule has 0 aliphatic rings. The topological polar surface area (TPSA) is 84.5 Å². The van der Waals surface area contributed by atoms with E-state index in [1.54, 1.807) is 60.7 Å². The van der Waals surface area contributed by atoms with Crippen molar-refractivity contribution in [3.63, 3.8) is 0 Å². The fourth-order valence-electron chi connectivity index (χ4n) is 2.38. The zero-order valence-electron chi connectivity index (χ0n) is 14.4. The van der Waals surface area contributed by atoms with E-state index in [-0.39, 0.29) is 17.4 Å². The molecule has 0 radical (unpaired) electrons. The van der Waals surface area contributed by atoms with Crippen LogP contribution in [0.15, 0.2) is 66.0 Å². The van der Waals surface area contributed by atoms with E-state index in [1.807, 2.05) is 5.38 Å². The number of benzene rings is 2. The summed E-state index contributed by atoms with van der Waals surface area (Å²) in [5.41, 5.74) is 1.61. The van der Waals surface area contributed by atoms with Crippen molar-refractivity contribution in [3.8, 4) is 0 Å². The van der Waals surface area contributed by atoms with Gasteiger partial charge in [0.25, 0.3) is 11.8 Å². The molecule has 1 aromatic heterocycles. The average Bonchev–Trinajstić information content (AvgIpc) is 3.23. The number of rotatable bonds is 5. The van der Waals surface area contributed by atoms with Gasteiger partial charge in [0.05, 0.1) is 23.2 Å². The van der Waals surface area contributed by atoms with Crippen LogP contribution in [0.4, 0.5) is 11.4 Å². The molecule has 0 aliphatic carbocycles. The third kappa shape index (κ3) is 4.39. The van der Waals surface area contributed by atoms with Gasteiger partial charge in [0.1, 0.15) is 0 Å². The highest BCUT2D eigenvalue weighted by atomic mass is 32.1. The molecule has 27 heavy (non-hydrogen) atoms. The maximum Gasteiger partial charge on any atom is 0.339 e. The van der Waals surface area contributed by atoms with E-state index < -0.39 is 5.97 Å². The maximum absolute atomic E-state index is 12.4. The van der Waals surface area contributed by atoms with Crippen LogP contribution in [-0.4, -0.2) is 24.9 Å². The Labute approximate surface area is 159 Å². The van der Waals surface area contributed by atoms with Crippen molar-refractivity contribution >= 4 is 40.5 Å². The van der Waals surface area contributed by atoms with Gasteiger partial charge in [-0.2, -0.15) is 0 Å². The molecule has 136 valence electrons. The van der Waals surface area contributed by atoms with E-state index in [9.17, 15) is 14.4 Å². The fraction of sp³-hybridized carbons (Fsp3) is 0.0500. The van der Waals surface area contributed by atoms with Gasteiger partial charge in [0, 0.05) is 11.3 Å². The van der Waals surface area contributed by atoms with Crippen LogP contribution >= 0.6 is 11.3 Å². The molecule has 1 heterocycles. The summed E-state index contributed by atoms with van der Waals surface area (Å²) < 4.78 is 4.72. The number of methoxy groups -OCH3 is 1. The van der Waals surface area contributed by atoms with E-state index in [0.29, 0.717) is 21.8 Å². The lowest BCUT2D eigenvalue weighted by Gasteiger charge is -2.10. The van der Waals surface area contributed by atoms with E-state index >= 15 is 0 Å². The van der Waals surface area contributed by atoms with Crippen molar-refractivity contribution in [3.05, 3.63) is 82.0 Å². The normalized spacial score (nSPS) is 10.1. The standard InChI is InChI=1S/C20H16N2O4S/c1-26-20(25)15-5-2-3-6-16(15)22-18(23)13-8-10-14(11-9-13)21-19(24)17-7-4-12-27-17/h2-12H,1H3,(H,21,24)(H,22,23). The molecule has 0 fully saturated rings. The Hall–Kier alpha value is -3.45. The van der Waals surface area contributed by atoms with E-state index in [1.165, 1.54) is 18.4 Å². The molecule has 6 nitrogen and oxygen atoms in total. The predicted molar refractivity (Wildman–Crippen MR) is 104 cm³/mol. The Morgan fingerprint density at radius 3 is 2.26 bits per heavy atom. The lowest BCUT2D eigenvalue weighted by Crippen LogP contribution is -2.15. The van der Waals surface area contributed by atoms with Crippen LogP contribution in [-0.2, 0) is 4.74 Å². The molecular weight excluding hydrogens is 364 g/mol. The number of ether oxygens (including phenoxy) is 1. The molecule has 3 aromatic rings. The SMILES string of the molecule is COC(=O)c1ccccc1NC(=O)c1ccc(NC(=O)c2cccs2)cc1. The Morgan fingerprint density at radius 2 is 1.59 bits per heavy atom. The molecule has 2 aromatic carbocycles. The molecule has 0 aliphatic heterocycles. The third-order valence-electron chi connectivity index (χ3n) is 3.73. The molecule has 2 amide bonds. The Bertz CT molecular complexity index is 966. The van der Waals surface area contributed by atoms with E-state index in [4.69, 9.17) is 4.74 Å². The lowest BCUT2D eigenvalue weighted by atomic mass is 10.1. The average molecular weight is 380 g/mol. The van der Waals surface area contributed by atoms with Crippen LogP contribution in [0.1, 0.15) is 30.4 Å². The molecule has 0 saturated heterocycles. The molecule has 0 unspecified atom stereocenters. The third-order valence-corrected chi connectivity index (χ3v) is 4.60. The van der Waals surface area contributed by atoms with Crippen molar-refractivity contribution < 1.29 is 19.1 Å². The Morgan fingerprint density at radius 1 is 0.852 bits per heavy atom. The number of hydrogen-bond acceptors (Lipinski definition) is 5. The van der Waals surface area contributed by atoms with Crippen LogP contribution < -0.4 is 10.6 Å². The number of nitrogens with one attached hydrogen (secondary N) is 2. The van der Waals surface area contributed by atoms with Crippen LogP contribution in [0.2, 0.25) is 0 Å². The smallest absolute Gasteiger partial charge is 0.339 e. The first kappa shape index (κ1) is 18.3. The van der Waals surface area contributed by atoms with Crippen LogP contribution in [0.3, 0.4) is 0 Å². The predicted octanol–water partition coefficient (Wildman–Crippen LogP) is 4.04. The van der Waals surface area contributed by atoms with Gasteiger partial charge in [-0.15, -0.1) is 11.3 Å². The highest BCUT2D eigenvalue weighted by Gasteiger charge is 2.14. The van der Waals surface area contributed by atoms with Gasteiger partial charge in [0.2, 0.25) is 0 Å². The first-order valence-corrected chi connectivity index (χ1v) is 8.90. The van der Waals surface area contributed by atoms with Crippen molar-refractivity contribution in [2.75, 3.05) is 17.7 Å². The minimum atomic E-state index is -0.530. The van der Waals surface area contributed by atoms with E-state index in [0.717, 1.165) is 0 Å². The summed E-state index contributed by atoms with van der Waals surface area (Å²) in [6, 6.07) is 16.6. The van der Waals surface area contributed by atoms with Crippen LogP contribution in [0.5, 0.6) is 0 Å². The van der Waals surface area contributed by atoms with Crippen molar-refractivity contribution in [1.82, 2.24) is 0 Å².